The molecule has 31 nitrogen and oxygen atoms in total. The highest BCUT2D eigenvalue weighted by Gasteiger charge is 2.51. The number of nitrogens with zero attached hydrogens (tertiary/aromatic N) is 6. The minimum absolute atomic E-state index is 0.0212. The molecule has 4 aromatic rings. The molecule has 2 aliphatic heterocycles. The van der Waals surface area contributed by atoms with E-state index in [1.807, 2.05) is 0 Å². The molecule has 316 valence electrons. The number of phosphoric ester groups is 2. The Morgan fingerprint density at radius 2 is 1.00 bits per heavy atom. The first-order chi connectivity index (χ1) is 26.3. The number of aliphatic hydroxyl groups excluding tert-OH is 4. The van der Waals surface area contributed by atoms with E-state index in [-0.39, 0.29) is 34.2 Å². The number of rotatable bonds is 14. The first-order valence-electron chi connectivity index (χ1n) is 15.6. The molecule has 14 N–H and O–H groups in total. The number of nitrogens with two attached hydrogens (primary N) is 2. The van der Waals surface area contributed by atoms with Crippen LogP contribution in [0.15, 0.2) is 22.2 Å². The molecule has 2 saturated heterocycles. The average molecular weight is 898 g/mol. The molecule has 0 saturated carbocycles. The van der Waals surface area contributed by atoms with Crippen LogP contribution in [0.2, 0.25) is 0 Å². The second-order valence-corrected chi connectivity index (χ2v) is 18.5. The summed E-state index contributed by atoms with van der Waals surface area (Å²) in [5.41, 5.74) is 9.62. The minimum Gasteiger partial charge on any atom is -0.387 e. The molecule has 4 unspecified atom stereocenters. The summed E-state index contributed by atoms with van der Waals surface area (Å²) in [7, 11) is -21.3. The van der Waals surface area contributed by atoms with Crippen molar-refractivity contribution in [3.05, 3.63) is 33.4 Å². The monoisotopic (exact) mass is 898 g/mol. The van der Waals surface area contributed by atoms with Crippen LogP contribution in [0.1, 0.15) is 12.5 Å². The van der Waals surface area contributed by atoms with E-state index < -0.39 is 105 Å². The molecule has 6 rings (SSSR count). The van der Waals surface area contributed by atoms with Gasteiger partial charge in [-0.25, -0.2) is 27.4 Å². The number of nitrogen functional groups attached to an aromatic ring is 2. The molecule has 2 aliphatic rings. The van der Waals surface area contributed by atoms with Crippen molar-refractivity contribution in [1.29, 1.82) is 0 Å². The Morgan fingerprint density at radius 3 is 1.35 bits per heavy atom. The molecule has 0 spiro atoms. The van der Waals surface area contributed by atoms with Gasteiger partial charge < -0.3 is 60.9 Å². The Kier molecular flexibility index (Phi) is 11.6. The molecular formula is C22H34N10O21P4+2. The van der Waals surface area contributed by atoms with Crippen molar-refractivity contribution in [2.45, 2.75) is 49.1 Å². The van der Waals surface area contributed by atoms with Crippen molar-refractivity contribution >= 4 is 65.5 Å². The number of aliphatic hydroxyl groups is 4. The van der Waals surface area contributed by atoms with Crippen LogP contribution in [-0.4, -0.2) is 119 Å². The zero-order valence-corrected chi connectivity index (χ0v) is 32.3. The first kappa shape index (κ1) is 43.2. The van der Waals surface area contributed by atoms with Crippen LogP contribution in [-0.2, 0) is 63.8 Å². The maximum Gasteiger partial charge on any atom is 0.490 e. The van der Waals surface area contributed by atoms with E-state index in [1.165, 1.54) is 35.9 Å². The van der Waals surface area contributed by atoms with Gasteiger partial charge in [0.15, 0.2) is 12.7 Å². The summed E-state index contributed by atoms with van der Waals surface area (Å²) in [5.74, 6) is -0.616. The SMILES string of the molecule is Cn1c[n+]([C@@H]2O[C@H](COP(=O)(O)OP(=O)(O)OP(=O)(O)OP(=O)(O)OC[C@H]3O[C@@H]([n+]4cn(C)c5c(=O)[nH]c(N)nc54)[C@H](O)[C@@H]3O)[C@@H](O)[C@H]2O)c2nc(N)[nH]c(=O)c21. The van der Waals surface area contributed by atoms with Gasteiger partial charge in [0.05, 0.1) is 27.3 Å². The standard InChI is InChI=1S/C22H32N10O21P4/c1-29-5-31(15-9(29)17(37)27-21(23)25-15)19-13(35)11(33)7(49-19)3-47-54(39,40)51-56(43,44)53-57(45,46)52-55(41,42)48-4-8-12(34)14(36)20(50-8)32-6-30(2)10-16(32)26-22(24)28-18(10)38/h5-8,11-14,19-20,33-36H,3-4H2,1-2H3,(H8-2,23,24,25,26,27,28,37,38,39,40,41,42,43,44,45,46)/p+2/t7-,8-,11-,12-,13-,14-,19-,20-/m1/s1. The summed E-state index contributed by atoms with van der Waals surface area (Å²) >= 11 is 0. The van der Waals surface area contributed by atoms with E-state index in [2.05, 4.69) is 41.9 Å². The van der Waals surface area contributed by atoms with Gasteiger partial charge >= 0.3 is 42.6 Å². The van der Waals surface area contributed by atoms with Gasteiger partial charge in [-0.1, -0.05) is 9.97 Å². The fourth-order valence-corrected chi connectivity index (χ4v) is 10.9. The number of fused-ring (bicyclic) bond motifs is 2. The van der Waals surface area contributed by atoms with Crippen molar-refractivity contribution in [3.8, 4) is 0 Å². The molecule has 0 radical (unpaired) electrons. The normalized spacial score (nSPS) is 29.6. The molecule has 12 atom stereocenters. The number of aryl methyl sites for hydroxylation is 2. The maximum atomic E-state index is 12.5. The second kappa shape index (κ2) is 15.3. The Labute approximate surface area is 314 Å². The van der Waals surface area contributed by atoms with Crippen molar-refractivity contribution in [3.63, 3.8) is 0 Å². The summed E-state index contributed by atoms with van der Waals surface area (Å²) in [6.07, 6.45) is -11.2. The molecule has 0 aliphatic carbocycles. The number of anilines is 2. The van der Waals surface area contributed by atoms with Crippen LogP contribution in [0.5, 0.6) is 0 Å². The number of ether oxygens (including phenoxy) is 2. The summed E-state index contributed by atoms with van der Waals surface area (Å²) in [6.45, 7) is -2.33. The van der Waals surface area contributed by atoms with Gasteiger partial charge in [0.25, 0.3) is 23.0 Å². The number of aromatic nitrogens is 8. The molecule has 6 heterocycles. The van der Waals surface area contributed by atoms with Crippen LogP contribution >= 0.6 is 31.3 Å². The fourth-order valence-electron chi connectivity index (χ4n) is 5.91. The minimum atomic E-state index is -6.25. The van der Waals surface area contributed by atoms with Crippen LogP contribution in [0.25, 0.3) is 22.3 Å². The summed E-state index contributed by atoms with van der Waals surface area (Å²) < 4.78 is 86.3. The predicted molar refractivity (Wildman–Crippen MR) is 178 cm³/mol. The third-order valence-electron chi connectivity index (χ3n) is 8.23. The predicted octanol–water partition coefficient (Wildman–Crippen LogP) is -5.00. The van der Waals surface area contributed by atoms with Crippen LogP contribution in [0.4, 0.5) is 11.9 Å². The Bertz CT molecular complexity index is 2360. The van der Waals surface area contributed by atoms with Crippen LogP contribution in [0.3, 0.4) is 0 Å². The third-order valence-corrected chi connectivity index (χ3v) is 14.1. The van der Waals surface area contributed by atoms with Crippen molar-refractivity contribution in [2.24, 2.45) is 14.1 Å². The van der Waals surface area contributed by atoms with E-state index in [4.69, 9.17) is 20.9 Å². The molecule has 0 aromatic carbocycles. The van der Waals surface area contributed by atoms with Gasteiger partial charge in [0.1, 0.15) is 36.6 Å². The van der Waals surface area contributed by atoms with Gasteiger partial charge in [-0.15, -0.1) is 0 Å². The maximum absolute atomic E-state index is 12.5. The van der Waals surface area contributed by atoms with Gasteiger partial charge in [-0.05, 0) is 0 Å². The number of H-pyrrole nitrogens is 2. The Morgan fingerprint density at radius 1 is 0.667 bits per heavy atom. The largest absolute Gasteiger partial charge is 0.490 e. The van der Waals surface area contributed by atoms with E-state index in [0.29, 0.717) is 0 Å². The summed E-state index contributed by atoms with van der Waals surface area (Å²) in [5, 5.41) is 42.2. The number of phosphoric acid groups is 4. The number of aromatic amines is 2. The zero-order chi connectivity index (χ0) is 42.2. The van der Waals surface area contributed by atoms with Crippen molar-refractivity contribution in [1.82, 2.24) is 29.1 Å². The van der Waals surface area contributed by atoms with Gasteiger partial charge in [-0.3, -0.25) is 37.7 Å². The van der Waals surface area contributed by atoms with Crippen LogP contribution in [0, 0.1) is 0 Å². The molecule has 57 heavy (non-hydrogen) atoms. The van der Waals surface area contributed by atoms with E-state index in [1.54, 1.807) is 0 Å². The van der Waals surface area contributed by atoms with E-state index in [9.17, 15) is 67.8 Å². The summed E-state index contributed by atoms with van der Waals surface area (Å²) in [4.78, 5) is 77.0. The molecular weight excluding hydrogens is 864 g/mol. The number of nitrogens with one attached hydrogen (secondary N) is 2. The Balaban J connectivity index is 1.04. The van der Waals surface area contributed by atoms with Crippen molar-refractivity contribution < 1.29 is 98.8 Å². The topological polar surface area (TPSA) is 456 Å². The van der Waals surface area contributed by atoms with Crippen molar-refractivity contribution in [2.75, 3.05) is 24.7 Å². The molecule has 0 amide bonds. The highest BCUT2D eigenvalue weighted by Crippen LogP contribution is 2.71. The number of hydrogen-bond acceptors (Lipinski definition) is 21. The van der Waals surface area contributed by atoms with Gasteiger partial charge in [-0.2, -0.15) is 12.9 Å². The van der Waals surface area contributed by atoms with Gasteiger partial charge in [0.2, 0.25) is 23.5 Å². The lowest BCUT2D eigenvalue weighted by Gasteiger charge is -2.21. The highest BCUT2D eigenvalue weighted by molar-refractivity contribution is 7.69. The number of imidazole rings is 2. The van der Waals surface area contributed by atoms with E-state index >= 15 is 0 Å². The lowest BCUT2D eigenvalue weighted by Crippen LogP contribution is -2.46. The third kappa shape index (κ3) is 8.97. The fraction of sp³-hybridized carbons (Fsp3) is 0.545. The zero-order valence-electron chi connectivity index (χ0n) is 28.7. The first-order valence-corrected chi connectivity index (χ1v) is 21.6. The second-order valence-electron chi connectivity index (χ2n) is 12.3. The van der Waals surface area contributed by atoms with E-state index in [0.717, 1.165) is 9.13 Å². The summed E-state index contributed by atoms with van der Waals surface area (Å²) in [6, 6.07) is 0. The Hall–Kier alpha value is -3.38. The molecule has 4 aromatic heterocycles. The van der Waals surface area contributed by atoms with Gasteiger partial charge in [0, 0.05) is 0 Å². The lowest BCUT2D eigenvalue weighted by atomic mass is 10.1. The molecule has 2 fully saturated rings. The number of hydrogen-bond donors (Lipinski definition) is 12. The molecule has 35 heteroatoms. The van der Waals surface area contributed by atoms with Crippen LogP contribution < -0.4 is 31.7 Å². The quantitative estimate of drug-likeness (QED) is 0.0416. The average Bonchev–Trinajstić information content (AvgIpc) is 3.74. The lowest BCUT2D eigenvalue weighted by molar-refractivity contribution is -0.746. The highest BCUT2D eigenvalue weighted by atomic mass is 31.3. The molecule has 0 bridgehead atoms. The smallest absolute Gasteiger partial charge is 0.387 e.